The van der Waals surface area contributed by atoms with Gasteiger partial charge in [0, 0.05) is 5.56 Å². The number of hydrogen-bond acceptors (Lipinski definition) is 3. The summed E-state index contributed by atoms with van der Waals surface area (Å²) in [5.74, 6) is -1.52. The highest BCUT2D eigenvalue weighted by atomic mass is 35.5. The van der Waals surface area contributed by atoms with Crippen LogP contribution >= 0.6 is 11.6 Å². The molecule has 18 heavy (non-hydrogen) atoms. The van der Waals surface area contributed by atoms with E-state index in [0.29, 0.717) is 29.2 Å². The topological polar surface area (TPSA) is 66.8 Å². The van der Waals surface area contributed by atoms with Crippen molar-refractivity contribution in [3.8, 4) is 5.75 Å². The molecule has 0 aromatic heterocycles. The van der Waals surface area contributed by atoms with E-state index in [-0.39, 0.29) is 0 Å². The molecule has 0 amide bonds. The van der Waals surface area contributed by atoms with Crippen LogP contribution in [0.1, 0.15) is 31.4 Å². The summed E-state index contributed by atoms with van der Waals surface area (Å²) >= 11 is 6.02. The van der Waals surface area contributed by atoms with Crippen LogP contribution in [0, 0.1) is 5.92 Å². The predicted octanol–water partition coefficient (Wildman–Crippen LogP) is 2.88. The van der Waals surface area contributed by atoms with Crippen molar-refractivity contribution in [2.75, 3.05) is 7.11 Å². The number of ether oxygens (including phenoxy) is 1. The van der Waals surface area contributed by atoms with E-state index in [9.17, 15) is 9.90 Å². The van der Waals surface area contributed by atoms with Gasteiger partial charge in [-0.3, -0.25) is 4.79 Å². The Bertz CT molecular complexity index is 419. The monoisotopic (exact) mass is 272 g/mol. The van der Waals surface area contributed by atoms with E-state index in [4.69, 9.17) is 21.4 Å². The molecular formula is C13H17ClO4. The zero-order chi connectivity index (χ0) is 13.7. The molecule has 2 N–H and O–H groups in total. The average Bonchev–Trinajstić information content (AvgIpc) is 2.34. The van der Waals surface area contributed by atoms with Gasteiger partial charge in [-0.2, -0.15) is 0 Å². The normalized spacial score (nSPS) is 14.0. The number of aliphatic carboxylic acids is 1. The lowest BCUT2D eigenvalue weighted by molar-refractivity contribution is -0.146. The molecule has 0 aliphatic rings. The molecule has 0 heterocycles. The maximum absolute atomic E-state index is 11.2. The van der Waals surface area contributed by atoms with E-state index in [0.717, 1.165) is 0 Å². The molecule has 0 spiro atoms. The van der Waals surface area contributed by atoms with Gasteiger partial charge in [-0.1, -0.05) is 31.0 Å². The van der Waals surface area contributed by atoms with Crippen LogP contribution in [0.3, 0.4) is 0 Å². The fourth-order valence-corrected chi connectivity index (χ4v) is 2.19. The first kappa shape index (κ1) is 14.8. The molecule has 100 valence electrons. The van der Waals surface area contributed by atoms with Crippen molar-refractivity contribution in [2.24, 2.45) is 5.92 Å². The van der Waals surface area contributed by atoms with Gasteiger partial charge >= 0.3 is 5.97 Å². The van der Waals surface area contributed by atoms with Gasteiger partial charge in [0.1, 0.15) is 5.75 Å². The Hall–Kier alpha value is -1.26. The molecular weight excluding hydrogens is 256 g/mol. The largest absolute Gasteiger partial charge is 0.496 e. The fraction of sp³-hybridized carbons (Fsp3) is 0.462. The van der Waals surface area contributed by atoms with Crippen molar-refractivity contribution in [2.45, 2.75) is 25.9 Å². The van der Waals surface area contributed by atoms with Gasteiger partial charge in [0.05, 0.1) is 24.2 Å². The van der Waals surface area contributed by atoms with Crippen LogP contribution in [0.4, 0.5) is 0 Å². The smallest absolute Gasteiger partial charge is 0.309 e. The number of rotatable bonds is 6. The quantitative estimate of drug-likeness (QED) is 0.836. The Morgan fingerprint density at radius 1 is 1.50 bits per heavy atom. The molecule has 0 aliphatic carbocycles. The van der Waals surface area contributed by atoms with Crippen LogP contribution in [-0.4, -0.2) is 23.3 Å². The summed E-state index contributed by atoms with van der Waals surface area (Å²) in [5.41, 5.74) is 0.336. The molecule has 2 unspecified atom stereocenters. The van der Waals surface area contributed by atoms with E-state index in [1.807, 2.05) is 6.92 Å². The minimum Gasteiger partial charge on any atom is -0.496 e. The Labute approximate surface area is 111 Å². The highest BCUT2D eigenvalue weighted by Crippen LogP contribution is 2.37. The molecule has 1 aromatic carbocycles. The van der Waals surface area contributed by atoms with Gasteiger partial charge in [0.25, 0.3) is 0 Å². The second-order valence-corrected chi connectivity index (χ2v) is 4.44. The molecule has 0 bridgehead atoms. The zero-order valence-corrected chi connectivity index (χ0v) is 11.1. The van der Waals surface area contributed by atoms with Crippen molar-refractivity contribution >= 4 is 17.6 Å². The highest BCUT2D eigenvalue weighted by Gasteiger charge is 2.30. The van der Waals surface area contributed by atoms with Gasteiger partial charge in [-0.25, -0.2) is 0 Å². The molecule has 5 heteroatoms. The highest BCUT2D eigenvalue weighted by molar-refractivity contribution is 6.31. The number of aliphatic hydroxyl groups excluding tert-OH is 1. The fourth-order valence-electron chi connectivity index (χ4n) is 1.91. The van der Waals surface area contributed by atoms with Gasteiger partial charge in [-0.05, 0) is 18.6 Å². The lowest BCUT2D eigenvalue weighted by Gasteiger charge is -2.21. The maximum atomic E-state index is 11.2. The van der Waals surface area contributed by atoms with Crippen LogP contribution in [-0.2, 0) is 4.79 Å². The maximum Gasteiger partial charge on any atom is 0.309 e. The molecule has 4 nitrogen and oxygen atoms in total. The lowest BCUT2D eigenvalue weighted by atomic mass is 9.91. The summed E-state index contributed by atoms with van der Waals surface area (Å²) in [6.45, 7) is 1.87. The number of carboxylic acids is 1. The molecule has 2 atom stereocenters. The van der Waals surface area contributed by atoms with Crippen molar-refractivity contribution < 1.29 is 19.7 Å². The summed E-state index contributed by atoms with van der Waals surface area (Å²) in [5, 5.41) is 19.7. The summed E-state index contributed by atoms with van der Waals surface area (Å²) in [6, 6.07) is 4.94. The van der Waals surface area contributed by atoms with E-state index in [2.05, 4.69) is 0 Å². The van der Waals surface area contributed by atoms with Crippen LogP contribution in [0.2, 0.25) is 5.02 Å². The molecule has 0 aliphatic heterocycles. The first-order valence-electron chi connectivity index (χ1n) is 5.76. The lowest BCUT2D eigenvalue weighted by Crippen LogP contribution is -2.22. The number of methoxy groups -OCH3 is 1. The summed E-state index contributed by atoms with van der Waals surface area (Å²) in [7, 11) is 1.46. The van der Waals surface area contributed by atoms with Crippen molar-refractivity contribution in [3.05, 3.63) is 28.8 Å². The molecule has 1 rings (SSSR count). The molecule has 0 saturated heterocycles. The van der Waals surface area contributed by atoms with E-state index in [1.165, 1.54) is 7.11 Å². The summed E-state index contributed by atoms with van der Waals surface area (Å²) in [4.78, 5) is 11.2. The number of halogens is 1. The van der Waals surface area contributed by atoms with Gasteiger partial charge < -0.3 is 14.9 Å². The SMILES string of the molecule is CCCC(C(=O)O)C(O)c1c(Cl)cccc1OC. The van der Waals surface area contributed by atoms with Gasteiger partial charge in [0.2, 0.25) is 0 Å². The van der Waals surface area contributed by atoms with E-state index < -0.39 is 18.0 Å². The third kappa shape index (κ3) is 3.15. The third-order valence-corrected chi connectivity index (χ3v) is 3.16. The summed E-state index contributed by atoms with van der Waals surface area (Å²) < 4.78 is 5.12. The summed E-state index contributed by atoms with van der Waals surface area (Å²) in [6.07, 6.45) is -0.128. The van der Waals surface area contributed by atoms with E-state index in [1.54, 1.807) is 18.2 Å². The van der Waals surface area contributed by atoms with Crippen LogP contribution in [0.15, 0.2) is 18.2 Å². The number of carbonyl (C=O) groups is 1. The Morgan fingerprint density at radius 3 is 2.67 bits per heavy atom. The zero-order valence-electron chi connectivity index (χ0n) is 10.4. The van der Waals surface area contributed by atoms with Crippen molar-refractivity contribution in [1.82, 2.24) is 0 Å². The first-order valence-corrected chi connectivity index (χ1v) is 6.14. The minimum atomic E-state index is -1.17. The Morgan fingerprint density at radius 2 is 2.17 bits per heavy atom. The van der Waals surface area contributed by atoms with E-state index >= 15 is 0 Å². The standard InChI is InChI=1S/C13H17ClO4/c1-3-5-8(13(16)17)12(15)11-9(14)6-4-7-10(11)18-2/h4,6-8,12,15H,3,5H2,1-2H3,(H,16,17). The number of hydrogen-bond donors (Lipinski definition) is 2. The third-order valence-electron chi connectivity index (χ3n) is 2.83. The van der Waals surface area contributed by atoms with Crippen molar-refractivity contribution in [1.29, 1.82) is 0 Å². The van der Waals surface area contributed by atoms with Crippen LogP contribution < -0.4 is 4.74 Å². The van der Waals surface area contributed by atoms with Crippen LogP contribution in [0.25, 0.3) is 0 Å². The van der Waals surface area contributed by atoms with Gasteiger partial charge in [0.15, 0.2) is 0 Å². The number of carboxylic acid groups (broad SMARTS) is 1. The first-order chi connectivity index (χ1) is 8.52. The van der Waals surface area contributed by atoms with Crippen molar-refractivity contribution in [3.63, 3.8) is 0 Å². The number of benzene rings is 1. The second kappa shape index (κ2) is 6.61. The van der Waals surface area contributed by atoms with Crippen LogP contribution in [0.5, 0.6) is 5.75 Å². The Kier molecular flexibility index (Phi) is 5.44. The molecule has 0 radical (unpaired) electrons. The molecule has 0 saturated carbocycles. The Balaban J connectivity index is 3.15. The average molecular weight is 273 g/mol. The second-order valence-electron chi connectivity index (χ2n) is 4.03. The van der Waals surface area contributed by atoms with Gasteiger partial charge in [-0.15, -0.1) is 0 Å². The minimum absolute atomic E-state index is 0.309. The molecule has 0 fully saturated rings. The predicted molar refractivity (Wildman–Crippen MR) is 69.0 cm³/mol. The number of aliphatic hydroxyl groups is 1. The molecule has 1 aromatic rings.